The molecule has 0 aliphatic rings. The van der Waals surface area contributed by atoms with Crippen LogP contribution in [0, 0.1) is 6.92 Å². The smallest absolute Gasteiger partial charge is 0.258 e. The number of thiocarbonyl (C=S) groups is 1. The molecule has 1 aromatic heterocycles. The van der Waals surface area contributed by atoms with E-state index in [0.717, 1.165) is 22.8 Å². The van der Waals surface area contributed by atoms with Crippen LogP contribution in [0.15, 0.2) is 30.3 Å². The lowest BCUT2D eigenvalue weighted by Crippen LogP contribution is -2.34. The molecule has 24 heavy (non-hydrogen) atoms. The highest BCUT2D eigenvalue weighted by molar-refractivity contribution is 7.80. The molecule has 0 atom stereocenters. The third-order valence-electron chi connectivity index (χ3n) is 3.28. The van der Waals surface area contributed by atoms with E-state index in [9.17, 15) is 4.79 Å². The van der Waals surface area contributed by atoms with E-state index < -0.39 is 5.91 Å². The normalized spacial score (nSPS) is 10.6. The molecule has 1 heterocycles. The number of halogens is 2. The molecule has 1 amide bonds. The standard InChI is InChI=1S/C15H10Cl2N4OS2/c1-7-2-5-11-13(21-24-20-11)12(7)18-15(23)19-14(22)9-4-3-8(16)6-10(9)17/h2-6H,1H3,(H2,18,19,22,23). The van der Waals surface area contributed by atoms with Crippen LogP contribution in [0.1, 0.15) is 15.9 Å². The van der Waals surface area contributed by atoms with Crippen LogP contribution in [-0.4, -0.2) is 19.8 Å². The van der Waals surface area contributed by atoms with Gasteiger partial charge in [0.05, 0.1) is 28.0 Å². The predicted octanol–water partition coefficient (Wildman–Crippen LogP) is 4.43. The van der Waals surface area contributed by atoms with Crippen LogP contribution < -0.4 is 10.6 Å². The monoisotopic (exact) mass is 396 g/mol. The largest absolute Gasteiger partial charge is 0.330 e. The average molecular weight is 397 g/mol. The molecule has 2 aromatic carbocycles. The summed E-state index contributed by atoms with van der Waals surface area (Å²) >= 11 is 18.2. The van der Waals surface area contributed by atoms with Crippen molar-refractivity contribution in [2.75, 3.05) is 5.32 Å². The Morgan fingerprint density at radius 1 is 1.21 bits per heavy atom. The zero-order valence-electron chi connectivity index (χ0n) is 12.3. The van der Waals surface area contributed by atoms with Crippen molar-refractivity contribution in [3.05, 3.63) is 51.5 Å². The van der Waals surface area contributed by atoms with Crippen LogP contribution in [-0.2, 0) is 0 Å². The van der Waals surface area contributed by atoms with Gasteiger partial charge in [-0.3, -0.25) is 10.1 Å². The van der Waals surface area contributed by atoms with E-state index in [2.05, 4.69) is 19.4 Å². The van der Waals surface area contributed by atoms with Gasteiger partial charge in [-0.05, 0) is 49.0 Å². The molecule has 0 unspecified atom stereocenters. The van der Waals surface area contributed by atoms with Crippen molar-refractivity contribution in [2.45, 2.75) is 6.92 Å². The molecule has 0 aliphatic heterocycles. The number of aryl methyl sites for hydroxylation is 1. The number of nitrogens with zero attached hydrogens (tertiary/aromatic N) is 2. The van der Waals surface area contributed by atoms with E-state index in [0.29, 0.717) is 16.2 Å². The Balaban J connectivity index is 1.79. The van der Waals surface area contributed by atoms with Gasteiger partial charge in [0.2, 0.25) is 0 Å². The third-order valence-corrected chi connectivity index (χ3v) is 4.57. The highest BCUT2D eigenvalue weighted by Crippen LogP contribution is 2.25. The van der Waals surface area contributed by atoms with Gasteiger partial charge in [0.1, 0.15) is 11.0 Å². The van der Waals surface area contributed by atoms with E-state index in [-0.39, 0.29) is 15.7 Å². The minimum Gasteiger partial charge on any atom is -0.330 e. The Hall–Kier alpha value is -1.80. The second-order valence-corrected chi connectivity index (χ2v) is 6.70. The van der Waals surface area contributed by atoms with E-state index in [4.69, 9.17) is 35.4 Å². The minimum atomic E-state index is -0.421. The Morgan fingerprint density at radius 2 is 2.00 bits per heavy atom. The molecule has 3 rings (SSSR count). The lowest BCUT2D eigenvalue weighted by atomic mass is 10.1. The van der Waals surface area contributed by atoms with Gasteiger partial charge in [-0.2, -0.15) is 8.75 Å². The molecule has 0 aliphatic carbocycles. The molecule has 0 saturated heterocycles. The van der Waals surface area contributed by atoms with Crippen LogP contribution in [0.25, 0.3) is 11.0 Å². The summed E-state index contributed by atoms with van der Waals surface area (Å²) in [6, 6.07) is 8.42. The topological polar surface area (TPSA) is 66.9 Å². The van der Waals surface area contributed by atoms with Gasteiger partial charge in [-0.25, -0.2) is 0 Å². The van der Waals surface area contributed by atoms with Gasteiger partial charge in [-0.1, -0.05) is 29.3 Å². The molecular formula is C15H10Cl2N4OS2. The highest BCUT2D eigenvalue weighted by Gasteiger charge is 2.14. The molecule has 2 N–H and O–H groups in total. The third kappa shape index (κ3) is 3.49. The minimum absolute atomic E-state index is 0.148. The maximum Gasteiger partial charge on any atom is 0.258 e. The van der Waals surface area contributed by atoms with Crippen LogP contribution in [0.4, 0.5) is 5.69 Å². The fourth-order valence-corrected chi connectivity index (χ4v) is 3.33. The second kappa shape index (κ2) is 6.98. The number of amides is 1. The molecular weight excluding hydrogens is 387 g/mol. The number of benzene rings is 2. The summed E-state index contributed by atoms with van der Waals surface area (Å²) in [5.41, 5.74) is 3.42. The Bertz CT molecular complexity index is 958. The maximum absolute atomic E-state index is 12.3. The van der Waals surface area contributed by atoms with Crippen LogP contribution >= 0.6 is 47.1 Å². The van der Waals surface area contributed by atoms with Crippen molar-refractivity contribution in [3.63, 3.8) is 0 Å². The van der Waals surface area contributed by atoms with Crippen LogP contribution in [0.5, 0.6) is 0 Å². The number of hydrogen-bond acceptors (Lipinski definition) is 5. The predicted molar refractivity (Wildman–Crippen MR) is 102 cm³/mol. The zero-order valence-corrected chi connectivity index (χ0v) is 15.4. The number of carbonyl (C=O) groups excluding carboxylic acids is 1. The lowest BCUT2D eigenvalue weighted by Gasteiger charge is -2.12. The Kier molecular flexibility index (Phi) is 4.96. The number of fused-ring (bicyclic) bond motifs is 1. The summed E-state index contributed by atoms with van der Waals surface area (Å²) < 4.78 is 8.44. The molecule has 0 spiro atoms. The molecule has 0 bridgehead atoms. The first-order valence-electron chi connectivity index (χ1n) is 6.75. The van der Waals surface area contributed by atoms with Crippen molar-refractivity contribution in [2.24, 2.45) is 0 Å². The Morgan fingerprint density at radius 3 is 2.75 bits per heavy atom. The SMILES string of the molecule is Cc1ccc2nsnc2c1NC(=S)NC(=O)c1ccc(Cl)cc1Cl. The van der Waals surface area contributed by atoms with Crippen LogP contribution in [0.3, 0.4) is 0 Å². The number of anilines is 1. The number of aromatic nitrogens is 2. The van der Waals surface area contributed by atoms with Crippen molar-refractivity contribution >= 4 is 74.9 Å². The number of carbonyl (C=O) groups is 1. The van der Waals surface area contributed by atoms with Gasteiger partial charge < -0.3 is 5.32 Å². The lowest BCUT2D eigenvalue weighted by molar-refractivity contribution is 0.0978. The highest BCUT2D eigenvalue weighted by atomic mass is 35.5. The quantitative estimate of drug-likeness (QED) is 0.626. The fraction of sp³-hybridized carbons (Fsp3) is 0.0667. The van der Waals surface area contributed by atoms with E-state index in [1.54, 1.807) is 12.1 Å². The molecule has 5 nitrogen and oxygen atoms in total. The Labute approximate surface area is 157 Å². The van der Waals surface area contributed by atoms with Crippen molar-refractivity contribution in [1.82, 2.24) is 14.1 Å². The van der Waals surface area contributed by atoms with E-state index >= 15 is 0 Å². The maximum atomic E-state index is 12.3. The van der Waals surface area contributed by atoms with E-state index in [1.807, 2.05) is 19.1 Å². The first-order chi connectivity index (χ1) is 11.5. The number of hydrogen-bond donors (Lipinski definition) is 2. The van der Waals surface area contributed by atoms with Gasteiger partial charge in [-0.15, -0.1) is 0 Å². The van der Waals surface area contributed by atoms with Crippen molar-refractivity contribution in [1.29, 1.82) is 0 Å². The molecule has 0 fully saturated rings. The fourth-order valence-electron chi connectivity index (χ4n) is 2.10. The molecule has 0 radical (unpaired) electrons. The molecule has 122 valence electrons. The zero-order chi connectivity index (χ0) is 17.3. The van der Waals surface area contributed by atoms with Crippen molar-refractivity contribution in [3.8, 4) is 0 Å². The summed E-state index contributed by atoms with van der Waals surface area (Å²) in [6.45, 7) is 1.92. The number of rotatable bonds is 2. The summed E-state index contributed by atoms with van der Waals surface area (Å²) in [5, 5.41) is 6.46. The molecule has 3 aromatic rings. The molecule has 9 heteroatoms. The van der Waals surface area contributed by atoms with Gasteiger partial charge in [0.15, 0.2) is 5.11 Å². The summed E-state index contributed by atoms with van der Waals surface area (Å²) in [6.07, 6.45) is 0. The summed E-state index contributed by atoms with van der Waals surface area (Å²) in [5.74, 6) is -0.421. The van der Waals surface area contributed by atoms with Crippen molar-refractivity contribution < 1.29 is 4.79 Å². The first-order valence-corrected chi connectivity index (χ1v) is 8.64. The van der Waals surface area contributed by atoms with Gasteiger partial charge >= 0.3 is 0 Å². The number of nitrogens with one attached hydrogen (secondary N) is 2. The second-order valence-electron chi connectivity index (χ2n) is 4.92. The summed E-state index contributed by atoms with van der Waals surface area (Å²) in [7, 11) is 0. The van der Waals surface area contributed by atoms with E-state index in [1.165, 1.54) is 6.07 Å². The van der Waals surface area contributed by atoms with Crippen LogP contribution in [0.2, 0.25) is 10.0 Å². The first kappa shape index (κ1) is 17.0. The summed E-state index contributed by atoms with van der Waals surface area (Å²) in [4.78, 5) is 12.3. The van der Waals surface area contributed by atoms with Gasteiger partial charge in [0.25, 0.3) is 5.91 Å². The van der Waals surface area contributed by atoms with Gasteiger partial charge in [0, 0.05) is 5.02 Å². The average Bonchev–Trinajstić information content (AvgIpc) is 2.98. The molecule has 0 saturated carbocycles.